The SMILES string of the molecule is CCCCNc1ccc(NC(C)=O)nc1. The number of unbranched alkanes of at least 4 members (excludes halogenated alkanes) is 1. The number of aromatic nitrogens is 1. The minimum absolute atomic E-state index is 0.103. The molecule has 0 aliphatic carbocycles. The molecule has 0 fully saturated rings. The monoisotopic (exact) mass is 207 g/mol. The predicted molar refractivity (Wildman–Crippen MR) is 61.9 cm³/mol. The van der Waals surface area contributed by atoms with E-state index < -0.39 is 0 Å². The lowest BCUT2D eigenvalue weighted by Crippen LogP contribution is -2.07. The van der Waals surface area contributed by atoms with Crippen molar-refractivity contribution in [1.82, 2.24) is 4.98 Å². The van der Waals surface area contributed by atoms with Gasteiger partial charge >= 0.3 is 0 Å². The van der Waals surface area contributed by atoms with Crippen molar-refractivity contribution in [3.63, 3.8) is 0 Å². The lowest BCUT2D eigenvalue weighted by atomic mass is 10.3. The van der Waals surface area contributed by atoms with Crippen LogP contribution >= 0.6 is 0 Å². The Morgan fingerprint density at radius 2 is 2.27 bits per heavy atom. The lowest BCUT2D eigenvalue weighted by molar-refractivity contribution is -0.114. The van der Waals surface area contributed by atoms with Gasteiger partial charge in [0.1, 0.15) is 5.82 Å². The summed E-state index contributed by atoms with van der Waals surface area (Å²) in [7, 11) is 0. The second-order valence-electron chi connectivity index (χ2n) is 3.39. The van der Waals surface area contributed by atoms with E-state index in [1.165, 1.54) is 13.3 Å². The third kappa shape index (κ3) is 4.44. The molecule has 0 bridgehead atoms. The molecule has 82 valence electrons. The summed E-state index contributed by atoms with van der Waals surface area (Å²) < 4.78 is 0. The van der Waals surface area contributed by atoms with Gasteiger partial charge in [-0.15, -0.1) is 0 Å². The van der Waals surface area contributed by atoms with Crippen LogP contribution in [-0.4, -0.2) is 17.4 Å². The highest BCUT2D eigenvalue weighted by molar-refractivity contribution is 5.87. The smallest absolute Gasteiger partial charge is 0.222 e. The molecule has 1 heterocycles. The number of amides is 1. The molecule has 0 aromatic carbocycles. The Morgan fingerprint density at radius 1 is 1.47 bits per heavy atom. The normalized spacial score (nSPS) is 9.73. The summed E-state index contributed by atoms with van der Waals surface area (Å²) in [5, 5.41) is 5.87. The fraction of sp³-hybridized carbons (Fsp3) is 0.455. The van der Waals surface area contributed by atoms with Crippen molar-refractivity contribution in [2.45, 2.75) is 26.7 Å². The van der Waals surface area contributed by atoms with Crippen molar-refractivity contribution < 1.29 is 4.79 Å². The molecule has 1 aromatic rings. The maximum Gasteiger partial charge on any atom is 0.222 e. The lowest BCUT2D eigenvalue weighted by Gasteiger charge is -2.06. The largest absolute Gasteiger partial charge is 0.384 e. The van der Waals surface area contributed by atoms with Crippen LogP contribution in [0.2, 0.25) is 0 Å². The number of nitrogens with one attached hydrogen (secondary N) is 2. The fourth-order valence-corrected chi connectivity index (χ4v) is 1.16. The number of pyridine rings is 1. The average molecular weight is 207 g/mol. The van der Waals surface area contributed by atoms with Gasteiger partial charge in [-0.2, -0.15) is 0 Å². The van der Waals surface area contributed by atoms with E-state index in [0.717, 1.165) is 18.7 Å². The molecule has 4 nitrogen and oxygen atoms in total. The highest BCUT2D eigenvalue weighted by Gasteiger charge is 1.96. The number of hydrogen-bond acceptors (Lipinski definition) is 3. The standard InChI is InChI=1S/C11H17N3O/c1-3-4-7-12-10-5-6-11(13-8-10)14-9(2)15/h5-6,8,12H,3-4,7H2,1-2H3,(H,13,14,15). The molecule has 0 spiro atoms. The summed E-state index contributed by atoms with van der Waals surface area (Å²) in [6.07, 6.45) is 4.04. The van der Waals surface area contributed by atoms with E-state index in [1.54, 1.807) is 12.3 Å². The third-order valence-electron chi connectivity index (χ3n) is 1.93. The molecule has 1 rings (SSSR count). The maximum absolute atomic E-state index is 10.7. The van der Waals surface area contributed by atoms with Gasteiger partial charge < -0.3 is 10.6 Å². The summed E-state index contributed by atoms with van der Waals surface area (Å²) in [6, 6.07) is 3.70. The van der Waals surface area contributed by atoms with Crippen molar-refractivity contribution >= 4 is 17.4 Å². The van der Waals surface area contributed by atoms with Crippen molar-refractivity contribution in [3.8, 4) is 0 Å². The van der Waals surface area contributed by atoms with E-state index in [9.17, 15) is 4.79 Å². The molecule has 0 saturated heterocycles. The summed E-state index contributed by atoms with van der Waals surface area (Å²) in [6.45, 7) is 4.58. The number of rotatable bonds is 5. The highest BCUT2D eigenvalue weighted by atomic mass is 16.1. The molecule has 1 aromatic heterocycles. The van der Waals surface area contributed by atoms with E-state index in [-0.39, 0.29) is 5.91 Å². The van der Waals surface area contributed by atoms with Crippen LogP contribution in [0, 0.1) is 0 Å². The van der Waals surface area contributed by atoms with Gasteiger partial charge in [0.15, 0.2) is 0 Å². The van der Waals surface area contributed by atoms with Crippen molar-refractivity contribution in [2.24, 2.45) is 0 Å². The van der Waals surface area contributed by atoms with Crippen molar-refractivity contribution in [3.05, 3.63) is 18.3 Å². The number of carbonyl (C=O) groups excluding carboxylic acids is 1. The molecule has 0 saturated carbocycles. The second-order valence-corrected chi connectivity index (χ2v) is 3.39. The Kier molecular flexibility index (Phi) is 4.60. The van der Waals surface area contributed by atoms with Gasteiger partial charge in [0.2, 0.25) is 5.91 Å². The summed E-state index contributed by atoms with van der Waals surface area (Å²) in [5.74, 6) is 0.484. The molecule has 0 aliphatic rings. The van der Waals surface area contributed by atoms with Crippen molar-refractivity contribution in [1.29, 1.82) is 0 Å². The fourth-order valence-electron chi connectivity index (χ4n) is 1.16. The van der Waals surface area contributed by atoms with E-state index in [2.05, 4.69) is 22.5 Å². The predicted octanol–water partition coefficient (Wildman–Crippen LogP) is 2.25. The molecular weight excluding hydrogens is 190 g/mol. The number of hydrogen-bond donors (Lipinski definition) is 2. The van der Waals surface area contributed by atoms with Crippen LogP contribution in [-0.2, 0) is 4.79 Å². The minimum atomic E-state index is -0.103. The van der Waals surface area contributed by atoms with Gasteiger partial charge in [0.05, 0.1) is 11.9 Å². The van der Waals surface area contributed by atoms with Crippen LogP contribution in [0.3, 0.4) is 0 Å². The van der Waals surface area contributed by atoms with Crippen LogP contribution in [0.15, 0.2) is 18.3 Å². The molecule has 0 unspecified atom stereocenters. The Balaban J connectivity index is 2.45. The van der Waals surface area contributed by atoms with Gasteiger partial charge in [-0.1, -0.05) is 13.3 Å². The molecule has 0 radical (unpaired) electrons. The highest BCUT2D eigenvalue weighted by Crippen LogP contribution is 2.09. The first kappa shape index (κ1) is 11.5. The Bertz CT molecular complexity index is 308. The molecular formula is C11H17N3O. The van der Waals surface area contributed by atoms with E-state index in [0.29, 0.717) is 5.82 Å². The topological polar surface area (TPSA) is 54.0 Å². The van der Waals surface area contributed by atoms with Gasteiger partial charge in [-0.3, -0.25) is 4.79 Å². The second kappa shape index (κ2) is 6.01. The summed E-state index contributed by atoms with van der Waals surface area (Å²) >= 11 is 0. The van der Waals surface area contributed by atoms with Crippen molar-refractivity contribution in [2.75, 3.05) is 17.2 Å². The first-order valence-corrected chi connectivity index (χ1v) is 5.20. The number of anilines is 2. The van der Waals surface area contributed by atoms with Gasteiger partial charge in [-0.05, 0) is 18.6 Å². The van der Waals surface area contributed by atoms with Gasteiger partial charge in [0.25, 0.3) is 0 Å². The molecule has 15 heavy (non-hydrogen) atoms. The average Bonchev–Trinajstić information content (AvgIpc) is 2.20. The summed E-state index contributed by atoms with van der Waals surface area (Å²) in [5.41, 5.74) is 0.984. The number of carbonyl (C=O) groups is 1. The van der Waals surface area contributed by atoms with Crippen LogP contribution in [0.1, 0.15) is 26.7 Å². The zero-order valence-electron chi connectivity index (χ0n) is 9.21. The zero-order valence-corrected chi connectivity index (χ0v) is 9.21. The molecule has 1 amide bonds. The number of nitrogens with zero attached hydrogens (tertiary/aromatic N) is 1. The van der Waals surface area contributed by atoms with E-state index >= 15 is 0 Å². The maximum atomic E-state index is 10.7. The summed E-state index contributed by atoms with van der Waals surface area (Å²) in [4.78, 5) is 14.8. The van der Waals surface area contributed by atoms with Gasteiger partial charge in [0, 0.05) is 13.5 Å². The first-order valence-electron chi connectivity index (χ1n) is 5.20. The van der Waals surface area contributed by atoms with Gasteiger partial charge in [-0.25, -0.2) is 4.98 Å². The van der Waals surface area contributed by atoms with Crippen LogP contribution in [0.25, 0.3) is 0 Å². The van der Waals surface area contributed by atoms with E-state index in [4.69, 9.17) is 0 Å². The quantitative estimate of drug-likeness (QED) is 0.728. The molecule has 0 atom stereocenters. The minimum Gasteiger partial charge on any atom is -0.384 e. The Morgan fingerprint density at radius 3 is 2.80 bits per heavy atom. The molecule has 0 aliphatic heterocycles. The van der Waals surface area contributed by atoms with E-state index in [1.807, 2.05) is 6.07 Å². The third-order valence-corrected chi connectivity index (χ3v) is 1.93. The Hall–Kier alpha value is -1.58. The van der Waals surface area contributed by atoms with Crippen LogP contribution in [0.5, 0.6) is 0 Å². The molecule has 4 heteroatoms. The Labute approximate surface area is 90.1 Å². The first-order chi connectivity index (χ1) is 7.22. The molecule has 2 N–H and O–H groups in total. The van der Waals surface area contributed by atoms with Crippen LogP contribution < -0.4 is 10.6 Å². The zero-order chi connectivity index (χ0) is 11.1. The van der Waals surface area contributed by atoms with Crippen LogP contribution in [0.4, 0.5) is 11.5 Å².